The highest BCUT2D eigenvalue weighted by Gasteiger charge is 2.52. The molecule has 10 atom stereocenters. The molecule has 0 aromatic rings. The largest absolute Gasteiger partial charge is 0.394 e. The van der Waals surface area contributed by atoms with E-state index in [1.165, 1.54) is 40.2 Å². The maximum absolute atomic E-state index is 11.9. The molecule has 2 fully saturated rings. The van der Waals surface area contributed by atoms with Crippen molar-refractivity contribution in [2.24, 2.45) is 0 Å². The van der Waals surface area contributed by atoms with Gasteiger partial charge in [-0.1, -0.05) is 0 Å². The summed E-state index contributed by atoms with van der Waals surface area (Å²) in [4.78, 5) is 13.2. The molecule has 12 nitrogen and oxygen atoms in total. The Bertz CT molecular complexity index is 552. The van der Waals surface area contributed by atoms with Crippen LogP contribution in [0.1, 0.15) is 6.92 Å². The van der Waals surface area contributed by atoms with Gasteiger partial charge in [-0.05, 0) is 0 Å². The Morgan fingerprint density at radius 1 is 0.933 bits per heavy atom. The number of hydrogen-bond donors (Lipinski definition) is 4. The molecule has 0 aromatic heterocycles. The van der Waals surface area contributed by atoms with Gasteiger partial charge in [0.15, 0.2) is 12.6 Å². The lowest BCUT2D eigenvalue weighted by Crippen LogP contribution is -2.67. The van der Waals surface area contributed by atoms with Crippen molar-refractivity contribution >= 4 is 5.91 Å². The summed E-state index contributed by atoms with van der Waals surface area (Å²) in [5.41, 5.74) is 0. The first-order valence-electron chi connectivity index (χ1n) is 9.61. The molecule has 1 amide bonds. The van der Waals surface area contributed by atoms with Crippen LogP contribution < -0.4 is 0 Å². The predicted molar refractivity (Wildman–Crippen MR) is 99.2 cm³/mol. The monoisotopic (exact) mass is 439 g/mol. The van der Waals surface area contributed by atoms with Crippen molar-refractivity contribution in [1.29, 1.82) is 0 Å². The number of methoxy groups -OCH3 is 3. The molecule has 2 rings (SSSR count). The summed E-state index contributed by atoms with van der Waals surface area (Å²) >= 11 is 0. The van der Waals surface area contributed by atoms with E-state index in [9.17, 15) is 25.2 Å². The molecule has 30 heavy (non-hydrogen) atoms. The number of rotatable bonds is 8. The van der Waals surface area contributed by atoms with Crippen LogP contribution in [0, 0.1) is 0 Å². The van der Waals surface area contributed by atoms with Gasteiger partial charge in [-0.25, -0.2) is 0 Å². The maximum atomic E-state index is 11.9. The average Bonchev–Trinajstić information content (AvgIpc) is 2.71. The number of nitrogens with zero attached hydrogens (tertiary/aromatic N) is 1. The second-order valence-corrected chi connectivity index (χ2v) is 7.35. The van der Waals surface area contributed by atoms with Gasteiger partial charge in [0.25, 0.3) is 0 Å². The van der Waals surface area contributed by atoms with E-state index in [4.69, 9.17) is 28.4 Å². The fourth-order valence-corrected chi connectivity index (χ4v) is 3.79. The fraction of sp³-hybridized carbons (Fsp3) is 0.944. The third kappa shape index (κ3) is 5.10. The van der Waals surface area contributed by atoms with Crippen LogP contribution in [0.15, 0.2) is 0 Å². The van der Waals surface area contributed by atoms with Gasteiger partial charge in [0.2, 0.25) is 5.91 Å². The van der Waals surface area contributed by atoms with Gasteiger partial charge in [-0.2, -0.15) is 0 Å². The lowest BCUT2D eigenvalue weighted by atomic mass is 9.94. The number of ether oxygens (including phenoxy) is 6. The summed E-state index contributed by atoms with van der Waals surface area (Å²) in [5.74, 6) is -0.328. The summed E-state index contributed by atoms with van der Waals surface area (Å²) in [6, 6.07) is -0.913. The third-order valence-electron chi connectivity index (χ3n) is 5.53. The molecule has 176 valence electrons. The van der Waals surface area contributed by atoms with Crippen LogP contribution in [0.3, 0.4) is 0 Å². The number of likely N-dealkylation sites (N-methyl/N-ethyl adjacent to an activating group) is 1. The molecular formula is C18H33NO11. The number of amides is 1. The quantitative estimate of drug-likeness (QED) is 0.307. The molecule has 4 N–H and O–H groups in total. The Hall–Kier alpha value is -0.930. The molecule has 0 bridgehead atoms. The molecule has 12 heteroatoms. The fourth-order valence-electron chi connectivity index (χ4n) is 3.79. The summed E-state index contributed by atoms with van der Waals surface area (Å²) in [6.07, 6.45) is -10.4. The number of carbonyl (C=O) groups excluding carboxylic acids is 1. The minimum absolute atomic E-state index is 0.0146. The SMILES string of the molecule is COCC1OC(OC)C(N(C)C(C)=O)C(O)C1OC1OC(CO)C(O)C(OC)C1O. The first-order valence-corrected chi connectivity index (χ1v) is 9.61. The highest BCUT2D eigenvalue weighted by Crippen LogP contribution is 2.31. The number of hydrogen-bond acceptors (Lipinski definition) is 11. The Morgan fingerprint density at radius 2 is 1.57 bits per heavy atom. The Balaban J connectivity index is 2.29. The first-order chi connectivity index (χ1) is 14.2. The van der Waals surface area contributed by atoms with Crippen molar-refractivity contribution in [2.45, 2.75) is 68.3 Å². The summed E-state index contributed by atoms with van der Waals surface area (Å²) in [5, 5.41) is 41.3. The molecule has 10 unspecified atom stereocenters. The van der Waals surface area contributed by atoms with E-state index in [-0.39, 0.29) is 12.5 Å². The molecule has 0 radical (unpaired) electrons. The standard InChI is InChI=1S/C18H33NO11/c1-8(21)19(2)11-13(23)15(10(7-25-3)29-17(11)27-5)30-18-14(24)16(26-4)12(22)9(6-20)28-18/h9-18,20,22-24H,6-7H2,1-5H3. The maximum Gasteiger partial charge on any atom is 0.219 e. The van der Waals surface area contributed by atoms with Crippen LogP contribution in [-0.4, -0.2) is 134 Å². The normalized spacial score (nSPS) is 42.2. The number of carbonyl (C=O) groups is 1. The average molecular weight is 439 g/mol. The smallest absolute Gasteiger partial charge is 0.219 e. The lowest BCUT2D eigenvalue weighted by molar-refractivity contribution is -0.352. The van der Waals surface area contributed by atoms with Crippen LogP contribution in [0.2, 0.25) is 0 Å². The Morgan fingerprint density at radius 3 is 2.07 bits per heavy atom. The lowest BCUT2D eigenvalue weighted by Gasteiger charge is -2.49. The highest BCUT2D eigenvalue weighted by molar-refractivity contribution is 5.73. The van der Waals surface area contributed by atoms with Crippen LogP contribution in [0.5, 0.6) is 0 Å². The van der Waals surface area contributed by atoms with Crippen molar-refractivity contribution in [3.63, 3.8) is 0 Å². The third-order valence-corrected chi connectivity index (χ3v) is 5.53. The van der Waals surface area contributed by atoms with Crippen LogP contribution >= 0.6 is 0 Å². The zero-order valence-corrected chi connectivity index (χ0v) is 17.8. The molecule has 2 aliphatic rings. The van der Waals surface area contributed by atoms with Crippen LogP contribution in [0.25, 0.3) is 0 Å². The van der Waals surface area contributed by atoms with E-state index in [1.54, 1.807) is 0 Å². The molecule has 0 saturated carbocycles. The summed E-state index contributed by atoms with van der Waals surface area (Å²) in [6.45, 7) is 0.807. The van der Waals surface area contributed by atoms with E-state index in [2.05, 4.69) is 0 Å². The van der Waals surface area contributed by atoms with Gasteiger partial charge in [0.05, 0.1) is 13.2 Å². The number of aliphatic hydroxyl groups is 4. The Labute approximate surface area is 175 Å². The molecule has 2 heterocycles. The van der Waals surface area contributed by atoms with E-state index in [0.717, 1.165) is 0 Å². The van der Waals surface area contributed by atoms with Gasteiger partial charge < -0.3 is 53.7 Å². The second-order valence-electron chi connectivity index (χ2n) is 7.35. The van der Waals surface area contributed by atoms with Crippen molar-refractivity contribution in [3.05, 3.63) is 0 Å². The molecule has 2 aliphatic heterocycles. The van der Waals surface area contributed by atoms with Crippen LogP contribution in [0.4, 0.5) is 0 Å². The minimum Gasteiger partial charge on any atom is -0.394 e. The first kappa shape index (κ1) is 25.3. The van der Waals surface area contributed by atoms with Crippen molar-refractivity contribution in [2.75, 3.05) is 41.6 Å². The van der Waals surface area contributed by atoms with Gasteiger partial charge in [0.1, 0.15) is 48.8 Å². The molecular weight excluding hydrogens is 406 g/mol. The van der Waals surface area contributed by atoms with Gasteiger partial charge in [-0.3, -0.25) is 4.79 Å². The van der Waals surface area contributed by atoms with Gasteiger partial charge in [-0.15, -0.1) is 0 Å². The highest BCUT2D eigenvalue weighted by atomic mass is 16.7. The molecule has 2 saturated heterocycles. The van der Waals surface area contributed by atoms with Crippen molar-refractivity contribution in [3.8, 4) is 0 Å². The zero-order chi connectivity index (χ0) is 22.6. The number of aliphatic hydroxyl groups excluding tert-OH is 4. The van der Waals surface area contributed by atoms with E-state index < -0.39 is 68.0 Å². The molecule has 0 aromatic carbocycles. The zero-order valence-electron chi connectivity index (χ0n) is 17.8. The molecule has 0 aliphatic carbocycles. The van der Waals surface area contributed by atoms with E-state index in [1.807, 2.05) is 0 Å². The van der Waals surface area contributed by atoms with Gasteiger partial charge >= 0.3 is 0 Å². The minimum atomic E-state index is -1.42. The van der Waals surface area contributed by atoms with Crippen LogP contribution in [-0.2, 0) is 33.2 Å². The van der Waals surface area contributed by atoms with E-state index in [0.29, 0.717) is 0 Å². The van der Waals surface area contributed by atoms with Crippen molar-refractivity contribution < 1.29 is 53.6 Å². The Kier molecular flexibility index (Phi) is 9.36. The van der Waals surface area contributed by atoms with Gasteiger partial charge in [0, 0.05) is 35.3 Å². The predicted octanol–water partition coefficient (Wildman–Crippen LogP) is -2.95. The summed E-state index contributed by atoms with van der Waals surface area (Å²) < 4.78 is 32.8. The van der Waals surface area contributed by atoms with E-state index >= 15 is 0 Å². The topological polar surface area (TPSA) is 157 Å². The summed E-state index contributed by atoms with van der Waals surface area (Å²) in [7, 11) is 5.60. The van der Waals surface area contributed by atoms with Crippen molar-refractivity contribution in [1.82, 2.24) is 4.90 Å². The molecule has 0 spiro atoms. The second kappa shape index (κ2) is 11.1.